The molecule has 2 amide bonds. The summed E-state index contributed by atoms with van der Waals surface area (Å²) in [7, 11) is 0. The third kappa shape index (κ3) is 6.76. The first-order valence-electron chi connectivity index (χ1n) is 6.79. The predicted molar refractivity (Wildman–Crippen MR) is 81.9 cm³/mol. The first-order valence-corrected chi connectivity index (χ1v) is 6.79. The van der Waals surface area contributed by atoms with Crippen LogP contribution in [0.4, 0.5) is 10.5 Å². The van der Waals surface area contributed by atoms with Crippen molar-refractivity contribution in [2.75, 3.05) is 11.9 Å². The number of rotatable bonds is 5. The van der Waals surface area contributed by atoms with Crippen molar-refractivity contribution in [1.82, 2.24) is 5.32 Å². The van der Waals surface area contributed by atoms with Crippen molar-refractivity contribution in [3.63, 3.8) is 0 Å². The van der Waals surface area contributed by atoms with E-state index < -0.39 is 11.6 Å². The van der Waals surface area contributed by atoms with Gasteiger partial charge in [-0.25, -0.2) is 4.79 Å². The summed E-state index contributed by atoms with van der Waals surface area (Å²) in [5.74, 6) is -0.290. The lowest BCUT2D eigenvalue weighted by atomic mass is 10.1. The molecule has 0 saturated heterocycles. The van der Waals surface area contributed by atoms with Crippen molar-refractivity contribution in [2.24, 2.45) is 5.73 Å². The molecule has 0 bridgehead atoms. The first-order chi connectivity index (χ1) is 9.67. The van der Waals surface area contributed by atoms with E-state index in [1.54, 1.807) is 12.1 Å². The van der Waals surface area contributed by atoms with Crippen LogP contribution in [0.2, 0.25) is 0 Å². The number of nitrogens with one attached hydrogen (secondary N) is 2. The van der Waals surface area contributed by atoms with Gasteiger partial charge in [-0.3, -0.25) is 4.79 Å². The molecule has 21 heavy (non-hydrogen) atoms. The summed E-state index contributed by atoms with van der Waals surface area (Å²) in [4.78, 5) is 22.4. The zero-order valence-corrected chi connectivity index (χ0v) is 12.9. The van der Waals surface area contributed by atoms with Gasteiger partial charge in [-0.05, 0) is 45.4 Å². The van der Waals surface area contributed by atoms with Crippen molar-refractivity contribution < 1.29 is 14.3 Å². The fourth-order valence-corrected chi connectivity index (χ4v) is 1.73. The second-order valence-corrected chi connectivity index (χ2v) is 5.80. The van der Waals surface area contributed by atoms with Crippen molar-refractivity contribution in [3.8, 4) is 0 Å². The van der Waals surface area contributed by atoms with Gasteiger partial charge in [-0.15, -0.1) is 0 Å². The van der Waals surface area contributed by atoms with Gasteiger partial charge in [0.15, 0.2) is 0 Å². The molecule has 0 spiro atoms. The van der Waals surface area contributed by atoms with E-state index in [0.717, 1.165) is 5.56 Å². The Morgan fingerprint density at radius 2 is 1.81 bits per heavy atom. The van der Waals surface area contributed by atoms with E-state index in [9.17, 15) is 9.59 Å². The number of amides is 2. The zero-order valence-electron chi connectivity index (χ0n) is 12.9. The van der Waals surface area contributed by atoms with Crippen LogP contribution in [-0.4, -0.2) is 24.1 Å². The van der Waals surface area contributed by atoms with Gasteiger partial charge >= 0.3 is 12.0 Å². The number of esters is 1. The molecule has 1 aromatic carbocycles. The number of ether oxygens (including phenoxy) is 1. The molecule has 0 aromatic heterocycles. The van der Waals surface area contributed by atoms with E-state index >= 15 is 0 Å². The normalized spacial score (nSPS) is 12.6. The van der Waals surface area contributed by atoms with Gasteiger partial charge in [0, 0.05) is 11.7 Å². The second kappa shape index (κ2) is 7.08. The molecule has 0 radical (unpaired) electrons. The van der Waals surface area contributed by atoms with E-state index in [0.29, 0.717) is 5.69 Å². The molecule has 1 rings (SSSR count). The summed E-state index contributed by atoms with van der Waals surface area (Å²) in [6, 6.07) is 6.62. The van der Waals surface area contributed by atoms with Gasteiger partial charge in [0.25, 0.3) is 0 Å². The third-order valence-corrected chi connectivity index (χ3v) is 2.65. The Bertz CT molecular complexity index is 492. The second-order valence-electron chi connectivity index (χ2n) is 5.80. The quantitative estimate of drug-likeness (QED) is 0.725. The van der Waals surface area contributed by atoms with E-state index in [4.69, 9.17) is 10.5 Å². The average Bonchev–Trinajstić information content (AvgIpc) is 2.34. The summed E-state index contributed by atoms with van der Waals surface area (Å²) >= 11 is 0. The highest BCUT2D eigenvalue weighted by molar-refractivity contribution is 5.87. The molecule has 0 heterocycles. The molecule has 1 unspecified atom stereocenters. The van der Waals surface area contributed by atoms with Gasteiger partial charge in [0.05, 0.1) is 6.54 Å². The molecule has 0 fully saturated rings. The highest BCUT2D eigenvalue weighted by Crippen LogP contribution is 2.16. The lowest BCUT2D eigenvalue weighted by molar-refractivity contribution is -0.153. The topological polar surface area (TPSA) is 93.4 Å². The Morgan fingerprint density at radius 3 is 2.29 bits per heavy atom. The van der Waals surface area contributed by atoms with Gasteiger partial charge in [-0.1, -0.05) is 12.1 Å². The molecule has 1 atom stereocenters. The monoisotopic (exact) mass is 293 g/mol. The van der Waals surface area contributed by atoms with Crippen LogP contribution in [0, 0.1) is 0 Å². The van der Waals surface area contributed by atoms with Crippen molar-refractivity contribution in [3.05, 3.63) is 29.8 Å². The van der Waals surface area contributed by atoms with E-state index in [2.05, 4.69) is 10.6 Å². The van der Waals surface area contributed by atoms with Gasteiger partial charge in [0.2, 0.25) is 0 Å². The zero-order chi connectivity index (χ0) is 16.0. The molecule has 0 saturated carbocycles. The largest absolute Gasteiger partial charge is 0.459 e. The first kappa shape index (κ1) is 17.0. The Morgan fingerprint density at radius 1 is 1.24 bits per heavy atom. The van der Waals surface area contributed by atoms with Crippen LogP contribution in [0.3, 0.4) is 0 Å². The molecule has 116 valence electrons. The van der Waals surface area contributed by atoms with Gasteiger partial charge in [-0.2, -0.15) is 0 Å². The van der Waals surface area contributed by atoms with Crippen LogP contribution < -0.4 is 16.4 Å². The predicted octanol–water partition coefficient (Wildman–Crippen LogP) is 2.17. The van der Waals surface area contributed by atoms with Crippen LogP contribution in [0.15, 0.2) is 24.3 Å². The minimum atomic E-state index is -0.598. The van der Waals surface area contributed by atoms with Gasteiger partial charge < -0.3 is 21.1 Å². The molecule has 4 N–H and O–H groups in total. The summed E-state index contributed by atoms with van der Waals surface area (Å²) in [6.45, 7) is 7.58. The summed E-state index contributed by atoms with van der Waals surface area (Å²) in [5, 5.41) is 5.59. The minimum Gasteiger partial charge on any atom is -0.459 e. The summed E-state index contributed by atoms with van der Waals surface area (Å²) < 4.78 is 5.22. The number of hydrogen-bond donors (Lipinski definition) is 3. The van der Waals surface area contributed by atoms with E-state index in [1.165, 1.54) is 0 Å². The number of urea groups is 1. The average molecular weight is 293 g/mol. The molecule has 1 aromatic rings. The van der Waals surface area contributed by atoms with E-state index in [1.807, 2.05) is 39.8 Å². The van der Waals surface area contributed by atoms with Crippen LogP contribution in [0.1, 0.15) is 39.3 Å². The Labute approximate surface area is 125 Å². The van der Waals surface area contributed by atoms with Crippen LogP contribution >= 0.6 is 0 Å². The molecule has 0 aliphatic carbocycles. The Balaban J connectivity index is 2.50. The number of carbonyl (C=O) groups excluding carboxylic acids is 2. The maximum atomic E-state index is 11.6. The number of hydrogen-bond acceptors (Lipinski definition) is 4. The minimum absolute atomic E-state index is 0.0138. The van der Waals surface area contributed by atoms with Crippen molar-refractivity contribution in [2.45, 2.75) is 39.3 Å². The standard InChI is InChI=1S/C15H23N3O3/c1-10(17-9-13(19)21-15(2,3)4)11-5-7-12(8-6-11)18-14(16)20/h5-8,10,17H,9H2,1-4H3,(H3,16,18,20). The van der Waals surface area contributed by atoms with Crippen molar-refractivity contribution in [1.29, 1.82) is 0 Å². The summed E-state index contributed by atoms with van der Waals surface area (Å²) in [6.07, 6.45) is 0. The number of primary amides is 1. The molecule has 0 aliphatic heterocycles. The highest BCUT2D eigenvalue weighted by atomic mass is 16.6. The smallest absolute Gasteiger partial charge is 0.320 e. The maximum absolute atomic E-state index is 11.6. The van der Waals surface area contributed by atoms with E-state index in [-0.39, 0.29) is 18.6 Å². The van der Waals surface area contributed by atoms with Gasteiger partial charge in [0.1, 0.15) is 5.60 Å². The number of anilines is 1. The lowest BCUT2D eigenvalue weighted by Gasteiger charge is -2.21. The fourth-order valence-electron chi connectivity index (χ4n) is 1.73. The Kier molecular flexibility index (Phi) is 5.72. The Hall–Kier alpha value is -2.08. The highest BCUT2D eigenvalue weighted by Gasteiger charge is 2.16. The van der Waals surface area contributed by atoms with Crippen molar-refractivity contribution >= 4 is 17.7 Å². The number of benzene rings is 1. The molecular weight excluding hydrogens is 270 g/mol. The maximum Gasteiger partial charge on any atom is 0.320 e. The lowest BCUT2D eigenvalue weighted by Crippen LogP contribution is -2.32. The number of carbonyl (C=O) groups is 2. The summed E-state index contributed by atoms with van der Waals surface area (Å²) in [5.41, 5.74) is 6.18. The SMILES string of the molecule is CC(NCC(=O)OC(C)(C)C)c1ccc(NC(N)=O)cc1. The molecule has 6 heteroatoms. The fraction of sp³-hybridized carbons (Fsp3) is 0.467. The third-order valence-electron chi connectivity index (χ3n) is 2.65. The van der Waals surface area contributed by atoms with Crippen LogP contribution in [0.25, 0.3) is 0 Å². The molecule has 0 aliphatic rings. The van der Waals surface area contributed by atoms with Crippen LogP contribution in [-0.2, 0) is 9.53 Å². The number of nitrogens with two attached hydrogens (primary N) is 1. The molecule has 6 nitrogen and oxygen atoms in total. The van der Waals surface area contributed by atoms with Crippen LogP contribution in [0.5, 0.6) is 0 Å². The molecular formula is C15H23N3O3.